The van der Waals surface area contributed by atoms with Gasteiger partial charge in [0.1, 0.15) is 17.4 Å². The van der Waals surface area contributed by atoms with E-state index >= 15 is 0 Å². The molecule has 7 nitrogen and oxygen atoms in total. The molecule has 3 aromatic rings. The molecule has 1 aliphatic heterocycles. The molecule has 0 aliphatic carbocycles. The average molecular weight is 436 g/mol. The maximum Gasteiger partial charge on any atom is 0.256 e. The second-order valence-corrected chi connectivity index (χ2v) is 7.62. The third-order valence-electron chi connectivity index (χ3n) is 5.48. The number of halogens is 1. The summed E-state index contributed by atoms with van der Waals surface area (Å²) in [7, 11) is 0. The number of para-hydroxylation sites is 1. The Kier molecular flexibility index (Phi) is 6.79. The minimum absolute atomic E-state index is 0.0468. The zero-order valence-electron chi connectivity index (χ0n) is 17.6. The third-order valence-corrected chi connectivity index (χ3v) is 5.48. The summed E-state index contributed by atoms with van der Waals surface area (Å²) >= 11 is 0. The molecule has 166 valence electrons. The van der Waals surface area contributed by atoms with E-state index in [1.165, 1.54) is 12.1 Å². The van der Waals surface area contributed by atoms with Gasteiger partial charge in [0, 0.05) is 19.2 Å². The Morgan fingerprint density at radius 2 is 1.75 bits per heavy atom. The lowest BCUT2D eigenvalue weighted by atomic mass is 10.0. The second-order valence-electron chi connectivity index (χ2n) is 7.62. The number of piperidine rings is 1. The molecule has 1 N–H and O–H groups in total. The first-order valence-electron chi connectivity index (χ1n) is 10.7. The number of ether oxygens (including phenoxy) is 1. The second kappa shape index (κ2) is 10.1. The van der Waals surface area contributed by atoms with Gasteiger partial charge in [-0.2, -0.15) is 5.10 Å². The van der Waals surface area contributed by atoms with Crippen molar-refractivity contribution in [3.8, 4) is 5.75 Å². The monoisotopic (exact) mass is 436 g/mol. The average Bonchev–Trinajstić information content (AvgIpc) is 3.28. The number of amides is 2. The maximum absolute atomic E-state index is 13.9. The molecule has 0 saturated carbocycles. The zero-order chi connectivity index (χ0) is 22.3. The fraction of sp³-hybridized carbons (Fsp3) is 0.292. The van der Waals surface area contributed by atoms with Gasteiger partial charge in [-0.25, -0.2) is 9.07 Å². The largest absolute Gasteiger partial charge is 0.493 e. The minimum Gasteiger partial charge on any atom is -0.493 e. The normalized spacial score (nSPS) is 14.2. The summed E-state index contributed by atoms with van der Waals surface area (Å²) in [5, 5.41) is 7.26. The van der Waals surface area contributed by atoms with Gasteiger partial charge in [0.05, 0.1) is 30.8 Å². The Balaban J connectivity index is 1.29. The fourth-order valence-electron chi connectivity index (χ4n) is 3.81. The molecule has 2 aromatic carbocycles. The lowest BCUT2D eigenvalue weighted by molar-refractivity contribution is -0.116. The lowest BCUT2D eigenvalue weighted by Gasteiger charge is -2.32. The van der Waals surface area contributed by atoms with Crippen LogP contribution >= 0.6 is 0 Å². The minimum atomic E-state index is -0.507. The highest BCUT2D eigenvalue weighted by atomic mass is 19.1. The van der Waals surface area contributed by atoms with Crippen LogP contribution in [0.25, 0.3) is 0 Å². The number of benzene rings is 2. The first-order valence-corrected chi connectivity index (χ1v) is 10.7. The number of carbonyl (C=O) groups is 2. The van der Waals surface area contributed by atoms with E-state index in [0.29, 0.717) is 31.7 Å². The van der Waals surface area contributed by atoms with E-state index in [9.17, 15) is 14.0 Å². The summed E-state index contributed by atoms with van der Waals surface area (Å²) in [5.41, 5.74) is 0.0933. The molecule has 0 bridgehead atoms. The van der Waals surface area contributed by atoms with E-state index in [0.717, 1.165) is 5.75 Å². The molecule has 4 rings (SSSR count). The lowest BCUT2D eigenvalue weighted by Crippen LogP contribution is -2.39. The predicted octanol–water partition coefficient (Wildman–Crippen LogP) is 3.91. The molecular formula is C24H25FN4O3. The molecular weight excluding hydrogens is 411 g/mol. The van der Waals surface area contributed by atoms with Gasteiger partial charge in [0.25, 0.3) is 5.91 Å². The molecule has 8 heteroatoms. The number of hydrogen-bond acceptors (Lipinski definition) is 4. The van der Waals surface area contributed by atoms with Crippen LogP contribution in [0.15, 0.2) is 66.9 Å². The van der Waals surface area contributed by atoms with Gasteiger partial charge in [-0.1, -0.05) is 30.3 Å². The van der Waals surface area contributed by atoms with Crippen LogP contribution in [0.3, 0.4) is 0 Å². The molecule has 2 amide bonds. The summed E-state index contributed by atoms with van der Waals surface area (Å²) in [6, 6.07) is 17.2. The number of nitrogens with one attached hydrogen (secondary N) is 1. The summed E-state index contributed by atoms with van der Waals surface area (Å²) in [4.78, 5) is 26.6. The molecule has 0 atom stereocenters. The van der Waals surface area contributed by atoms with Crippen LogP contribution in [0, 0.1) is 5.82 Å². The van der Waals surface area contributed by atoms with Crippen LogP contribution in [0.2, 0.25) is 0 Å². The van der Waals surface area contributed by atoms with Crippen LogP contribution in [-0.4, -0.2) is 46.2 Å². The van der Waals surface area contributed by atoms with Gasteiger partial charge in [0.15, 0.2) is 0 Å². The van der Waals surface area contributed by atoms with Crippen molar-refractivity contribution in [1.29, 1.82) is 0 Å². The molecule has 0 radical (unpaired) electrons. The molecule has 1 aliphatic rings. The van der Waals surface area contributed by atoms with Crippen molar-refractivity contribution in [3.63, 3.8) is 0 Å². The van der Waals surface area contributed by atoms with Crippen LogP contribution in [0.1, 0.15) is 35.7 Å². The van der Waals surface area contributed by atoms with Gasteiger partial charge in [-0.15, -0.1) is 0 Å². The highest BCUT2D eigenvalue weighted by molar-refractivity contribution is 5.94. The topological polar surface area (TPSA) is 76.5 Å². The smallest absolute Gasteiger partial charge is 0.256 e. The van der Waals surface area contributed by atoms with E-state index in [1.807, 2.05) is 30.3 Å². The highest BCUT2D eigenvalue weighted by Gasteiger charge is 2.27. The van der Waals surface area contributed by atoms with Crippen LogP contribution in [0.5, 0.6) is 5.75 Å². The van der Waals surface area contributed by atoms with E-state index in [-0.39, 0.29) is 36.4 Å². The number of anilines is 1. The Bertz CT molecular complexity index is 1060. The number of nitrogens with zero attached hydrogens (tertiary/aromatic N) is 3. The number of carbonyl (C=O) groups excluding carboxylic acids is 2. The van der Waals surface area contributed by atoms with Crippen molar-refractivity contribution in [2.75, 3.05) is 25.0 Å². The van der Waals surface area contributed by atoms with Gasteiger partial charge >= 0.3 is 0 Å². The molecule has 1 fully saturated rings. The van der Waals surface area contributed by atoms with E-state index in [4.69, 9.17) is 4.74 Å². The van der Waals surface area contributed by atoms with Gasteiger partial charge < -0.3 is 15.0 Å². The Hall–Kier alpha value is -3.68. The summed E-state index contributed by atoms with van der Waals surface area (Å²) in [6.45, 7) is 1.27. The van der Waals surface area contributed by atoms with E-state index in [1.54, 1.807) is 34.0 Å². The Labute approximate surface area is 185 Å². The van der Waals surface area contributed by atoms with Crippen molar-refractivity contribution in [1.82, 2.24) is 14.7 Å². The third kappa shape index (κ3) is 5.14. The molecule has 32 heavy (non-hydrogen) atoms. The van der Waals surface area contributed by atoms with Gasteiger partial charge in [-0.3, -0.25) is 9.59 Å². The molecule has 1 saturated heterocycles. The maximum atomic E-state index is 13.9. The summed E-state index contributed by atoms with van der Waals surface area (Å²) < 4.78 is 21.3. The standard InChI is InChI=1S/C24H25FN4O3/c25-21-9-5-4-8-20(21)24(31)28-15-11-18(12-16-28)29-22(10-14-26-29)27-23(30)13-17-32-19-6-2-1-3-7-19/h1-10,14,18H,11-13,15-17H2,(H,27,30). The van der Waals surface area contributed by atoms with Crippen molar-refractivity contribution in [2.24, 2.45) is 0 Å². The van der Waals surface area contributed by atoms with Crippen molar-refractivity contribution >= 4 is 17.6 Å². The molecule has 0 unspecified atom stereocenters. The number of hydrogen-bond donors (Lipinski definition) is 1. The summed E-state index contributed by atoms with van der Waals surface area (Å²) in [5.74, 6) is 0.382. The first-order chi connectivity index (χ1) is 15.6. The number of rotatable bonds is 7. The van der Waals surface area contributed by atoms with Crippen LogP contribution < -0.4 is 10.1 Å². The van der Waals surface area contributed by atoms with Crippen molar-refractivity contribution in [3.05, 3.63) is 78.2 Å². The molecule has 0 spiro atoms. The first kappa shape index (κ1) is 21.5. The van der Waals surface area contributed by atoms with Crippen molar-refractivity contribution in [2.45, 2.75) is 25.3 Å². The Morgan fingerprint density at radius 3 is 2.50 bits per heavy atom. The highest BCUT2D eigenvalue weighted by Crippen LogP contribution is 2.26. The zero-order valence-corrected chi connectivity index (χ0v) is 17.6. The van der Waals surface area contributed by atoms with Crippen molar-refractivity contribution < 1.29 is 18.7 Å². The van der Waals surface area contributed by atoms with Crippen LogP contribution in [-0.2, 0) is 4.79 Å². The van der Waals surface area contributed by atoms with Gasteiger partial charge in [0.2, 0.25) is 5.91 Å². The fourth-order valence-corrected chi connectivity index (χ4v) is 3.81. The quantitative estimate of drug-likeness (QED) is 0.609. The predicted molar refractivity (Wildman–Crippen MR) is 118 cm³/mol. The number of aromatic nitrogens is 2. The molecule has 2 heterocycles. The SMILES string of the molecule is O=C(CCOc1ccccc1)Nc1ccnn1C1CCN(C(=O)c2ccccc2F)CC1. The molecule has 1 aromatic heterocycles. The van der Waals surface area contributed by atoms with E-state index in [2.05, 4.69) is 10.4 Å². The van der Waals surface area contributed by atoms with Crippen LogP contribution in [0.4, 0.5) is 10.2 Å². The van der Waals surface area contributed by atoms with Gasteiger partial charge in [-0.05, 0) is 37.1 Å². The summed E-state index contributed by atoms with van der Waals surface area (Å²) in [6.07, 6.45) is 3.20. The number of likely N-dealkylation sites (tertiary alicyclic amines) is 1. The Morgan fingerprint density at radius 1 is 1.03 bits per heavy atom. The van der Waals surface area contributed by atoms with E-state index < -0.39 is 5.82 Å².